The molecule has 8 heteroatoms. The number of fused-ring (bicyclic) bond motifs is 1. The molecule has 0 spiro atoms. The summed E-state index contributed by atoms with van der Waals surface area (Å²) in [5, 5.41) is 4.18. The van der Waals surface area contributed by atoms with E-state index < -0.39 is 0 Å². The summed E-state index contributed by atoms with van der Waals surface area (Å²) in [6.07, 6.45) is 3.24. The van der Waals surface area contributed by atoms with E-state index in [2.05, 4.69) is 32.0 Å². The van der Waals surface area contributed by atoms with E-state index in [1.807, 2.05) is 18.0 Å². The van der Waals surface area contributed by atoms with Gasteiger partial charge in [0.25, 0.3) is 0 Å². The van der Waals surface area contributed by atoms with Crippen LogP contribution in [0.25, 0.3) is 0 Å². The Bertz CT molecular complexity index is 794. The zero-order chi connectivity index (χ0) is 18.8. The van der Waals surface area contributed by atoms with Crippen LogP contribution in [-0.2, 0) is 17.9 Å². The van der Waals surface area contributed by atoms with E-state index in [-0.39, 0.29) is 11.9 Å². The maximum absolute atomic E-state index is 12.5. The first-order valence-electron chi connectivity index (χ1n) is 9.33. The predicted octanol–water partition coefficient (Wildman–Crippen LogP) is 0.293. The summed E-state index contributed by atoms with van der Waals surface area (Å²) in [6, 6.07) is 6.27. The van der Waals surface area contributed by atoms with Gasteiger partial charge in [0.05, 0.1) is 13.7 Å². The number of likely N-dealkylation sites (N-methyl/N-ethyl adjacent to an activating group) is 1. The Balaban J connectivity index is 1.47. The van der Waals surface area contributed by atoms with Crippen molar-refractivity contribution in [1.29, 1.82) is 0 Å². The van der Waals surface area contributed by atoms with Gasteiger partial charge in [-0.3, -0.25) is 14.6 Å². The molecule has 2 fully saturated rings. The summed E-state index contributed by atoms with van der Waals surface area (Å²) in [5.41, 5.74) is 2.29. The molecule has 0 aliphatic carbocycles. The van der Waals surface area contributed by atoms with Crippen molar-refractivity contribution in [3.8, 4) is 5.75 Å². The summed E-state index contributed by atoms with van der Waals surface area (Å²) < 4.78 is 7.29. The van der Waals surface area contributed by atoms with Crippen molar-refractivity contribution in [2.75, 3.05) is 46.9 Å². The maximum Gasteiger partial charge on any atom is 0.241 e. The highest BCUT2D eigenvalue weighted by molar-refractivity contribution is 5.82. The van der Waals surface area contributed by atoms with Gasteiger partial charge in [-0.15, -0.1) is 0 Å². The SMILES string of the molecule is COc1ccc(CN2CCN3CCN(C)C(=O)[C@H]3C2)cc1Cn1cncn1. The fourth-order valence-electron chi connectivity index (χ4n) is 3.97. The standard InChI is InChI=1S/C19H26N6O2/c1-22-5-7-24-8-6-23(12-17(24)19(22)26)10-15-3-4-18(27-2)16(9-15)11-25-14-20-13-21-25/h3-4,9,13-14,17H,5-8,10-12H2,1-2H3/t17-/m1/s1. The third-order valence-electron chi connectivity index (χ3n) is 5.51. The average molecular weight is 370 g/mol. The van der Waals surface area contributed by atoms with Gasteiger partial charge in [-0.05, 0) is 17.7 Å². The Kier molecular flexibility index (Phi) is 5.09. The van der Waals surface area contributed by atoms with Gasteiger partial charge in [0.1, 0.15) is 24.4 Å². The molecule has 1 atom stereocenters. The monoisotopic (exact) mass is 370 g/mol. The molecule has 1 aromatic carbocycles. The minimum absolute atomic E-state index is 0.00892. The first kappa shape index (κ1) is 17.9. The largest absolute Gasteiger partial charge is 0.496 e. The summed E-state index contributed by atoms with van der Waals surface area (Å²) in [7, 11) is 3.59. The first-order valence-corrected chi connectivity index (χ1v) is 9.33. The summed E-state index contributed by atoms with van der Waals surface area (Å²) in [4.78, 5) is 23.1. The second-order valence-electron chi connectivity index (χ2n) is 7.29. The molecule has 27 heavy (non-hydrogen) atoms. The Hall–Kier alpha value is -2.45. The van der Waals surface area contributed by atoms with Crippen LogP contribution in [0.2, 0.25) is 0 Å². The van der Waals surface area contributed by atoms with Crippen LogP contribution in [0.4, 0.5) is 0 Å². The number of carbonyl (C=O) groups excluding carboxylic acids is 1. The smallest absolute Gasteiger partial charge is 0.241 e. The molecule has 2 aromatic rings. The Morgan fingerprint density at radius 3 is 2.81 bits per heavy atom. The number of amides is 1. The Morgan fingerprint density at radius 2 is 2.04 bits per heavy atom. The van der Waals surface area contributed by atoms with Gasteiger partial charge < -0.3 is 9.64 Å². The Labute approximate surface area is 159 Å². The number of piperazine rings is 2. The molecular weight excluding hydrogens is 344 g/mol. The lowest BCUT2D eigenvalue weighted by Crippen LogP contribution is -2.63. The van der Waals surface area contributed by atoms with E-state index >= 15 is 0 Å². The zero-order valence-electron chi connectivity index (χ0n) is 15.9. The maximum atomic E-state index is 12.5. The van der Waals surface area contributed by atoms with Crippen molar-refractivity contribution in [1.82, 2.24) is 29.5 Å². The van der Waals surface area contributed by atoms with E-state index in [4.69, 9.17) is 4.74 Å². The number of rotatable bonds is 5. The van der Waals surface area contributed by atoms with Gasteiger partial charge >= 0.3 is 0 Å². The second-order valence-corrected chi connectivity index (χ2v) is 7.29. The van der Waals surface area contributed by atoms with Gasteiger partial charge in [0.15, 0.2) is 0 Å². The van der Waals surface area contributed by atoms with E-state index in [9.17, 15) is 4.79 Å². The highest BCUT2D eigenvalue weighted by Crippen LogP contribution is 2.23. The molecule has 0 N–H and O–H groups in total. The highest BCUT2D eigenvalue weighted by atomic mass is 16.5. The van der Waals surface area contributed by atoms with E-state index in [1.54, 1.807) is 18.1 Å². The zero-order valence-corrected chi connectivity index (χ0v) is 15.9. The number of aromatic nitrogens is 3. The van der Waals surface area contributed by atoms with Crippen molar-refractivity contribution in [2.45, 2.75) is 19.1 Å². The number of nitrogens with zero attached hydrogens (tertiary/aromatic N) is 6. The third kappa shape index (κ3) is 3.81. The average Bonchev–Trinajstić information content (AvgIpc) is 3.18. The van der Waals surface area contributed by atoms with Gasteiger partial charge in [-0.25, -0.2) is 9.67 Å². The lowest BCUT2D eigenvalue weighted by atomic mass is 10.1. The molecule has 0 unspecified atom stereocenters. The van der Waals surface area contributed by atoms with E-state index in [0.29, 0.717) is 6.54 Å². The summed E-state index contributed by atoms with van der Waals surface area (Å²) in [5.74, 6) is 1.09. The van der Waals surface area contributed by atoms with Crippen LogP contribution in [-0.4, -0.2) is 88.3 Å². The number of hydrogen-bond acceptors (Lipinski definition) is 6. The highest BCUT2D eigenvalue weighted by Gasteiger charge is 2.37. The summed E-state index contributed by atoms with van der Waals surface area (Å²) in [6.45, 7) is 5.98. The number of methoxy groups -OCH3 is 1. The fraction of sp³-hybridized carbons (Fsp3) is 0.526. The Morgan fingerprint density at radius 1 is 1.19 bits per heavy atom. The number of carbonyl (C=O) groups is 1. The van der Waals surface area contributed by atoms with E-state index in [0.717, 1.165) is 50.6 Å². The summed E-state index contributed by atoms with van der Waals surface area (Å²) >= 11 is 0. The molecule has 8 nitrogen and oxygen atoms in total. The molecule has 1 aromatic heterocycles. The normalized spacial score (nSPS) is 21.3. The third-order valence-corrected chi connectivity index (χ3v) is 5.51. The van der Waals surface area contributed by atoms with Gasteiger partial charge in [0, 0.05) is 51.9 Å². The molecule has 0 radical (unpaired) electrons. The van der Waals surface area contributed by atoms with Gasteiger partial charge in [0.2, 0.25) is 5.91 Å². The molecule has 2 saturated heterocycles. The lowest BCUT2D eigenvalue weighted by molar-refractivity contribution is -0.143. The quantitative estimate of drug-likeness (QED) is 0.754. The van der Waals surface area contributed by atoms with Crippen LogP contribution in [0, 0.1) is 0 Å². The van der Waals surface area contributed by atoms with Gasteiger partial charge in [-0.2, -0.15) is 5.10 Å². The molecule has 2 aliphatic rings. The topological polar surface area (TPSA) is 66.7 Å². The molecule has 144 valence electrons. The predicted molar refractivity (Wildman–Crippen MR) is 100 cm³/mol. The van der Waals surface area contributed by atoms with Crippen molar-refractivity contribution in [2.24, 2.45) is 0 Å². The van der Waals surface area contributed by atoms with Crippen molar-refractivity contribution in [3.05, 3.63) is 42.0 Å². The number of ether oxygens (including phenoxy) is 1. The molecule has 0 saturated carbocycles. The fourth-order valence-corrected chi connectivity index (χ4v) is 3.97. The van der Waals surface area contributed by atoms with Crippen LogP contribution in [0.1, 0.15) is 11.1 Å². The van der Waals surface area contributed by atoms with E-state index in [1.165, 1.54) is 11.9 Å². The first-order chi connectivity index (χ1) is 13.1. The molecule has 1 amide bonds. The van der Waals surface area contributed by atoms with Crippen LogP contribution in [0.15, 0.2) is 30.9 Å². The van der Waals surface area contributed by atoms with Crippen LogP contribution in [0.5, 0.6) is 5.75 Å². The minimum Gasteiger partial charge on any atom is -0.496 e. The molecule has 2 aliphatic heterocycles. The second kappa shape index (κ2) is 7.66. The van der Waals surface area contributed by atoms with Crippen molar-refractivity contribution >= 4 is 5.91 Å². The molecular formula is C19H26N6O2. The van der Waals surface area contributed by atoms with Crippen LogP contribution >= 0.6 is 0 Å². The van der Waals surface area contributed by atoms with Gasteiger partial charge in [-0.1, -0.05) is 6.07 Å². The van der Waals surface area contributed by atoms with Crippen molar-refractivity contribution in [3.63, 3.8) is 0 Å². The number of benzene rings is 1. The minimum atomic E-state index is -0.00892. The van der Waals surface area contributed by atoms with Crippen molar-refractivity contribution < 1.29 is 9.53 Å². The molecule has 4 rings (SSSR count). The lowest BCUT2D eigenvalue weighted by Gasteiger charge is -2.45. The van der Waals surface area contributed by atoms with Crippen LogP contribution in [0.3, 0.4) is 0 Å². The molecule has 0 bridgehead atoms. The molecule has 3 heterocycles. The number of hydrogen-bond donors (Lipinski definition) is 0. The van der Waals surface area contributed by atoms with Crippen LogP contribution < -0.4 is 4.74 Å².